The van der Waals surface area contributed by atoms with E-state index in [1.54, 1.807) is 6.21 Å². The predicted molar refractivity (Wildman–Crippen MR) is 36.7 cm³/mol. The molecule has 0 saturated carbocycles. The molecule has 0 aromatic rings. The Morgan fingerprint density at radius 1 is 1.75 bits per heavy atom. The lowest BCUT2D eigenvalue weighted by Gasteiger charge is -1.86. The lowest BCUT2D eigenvalue weighted by molar-refractivity contribution is 1.13. The van der Waals surface area contributed by atoms with Crippen molar-refractivity contribution in [3.05, 3.63) is 11.9 Å². The lowest BCUT2D eigenvalue weighted by atomic mass is 10.4. The second-order valence-electron chi connectivity index (χ2n) is 1.42. The summed E-state index contributed by atoms with van der Waals surface area (Å²) in [5.74, 6) is 0.606. The minimum Gasteiger partial charge on any atom is -0.384 e. The highest BCUT2D eigenvalue weighted by Gasteiger charge is 1.75. The molecular formula is C6H12N2. The van der Waals surface area contributed by atoms with Crippen LogP contribution in [0.1, 0.15) is 20.3 Å². The van der Waals surface area contributed by atoms with Crippen LogP contribution in [0.2, 0.25) is 0 Å². The van der Waals surface area contributed by atoms with Gasteiger partial charge in [0.05, 0.1) is 0 Å². The van der Waals surface area contributed by atoms with E-state index < -0.39 is 0 Å². The number of nitrogens with zero attached hydrogens (tertiary/aromatic N) is 1. The average molecular weight is 112 g/mol. The fourth-order valence-corrected chi connectivity index (χ4v) is 0.411. The van der Waals surface area contributed by atoms with Crippen molar-refractivity contribution >= 4 is 6.21 Å². The first-order valence-corrected chi connectivity index (χ1v) is 2.75. The number of rotatable bonds is 2. The Bertz CT molecular complexity index is 103. The van der Waals surface area contributed by atoms with Gasteiger partial charge in [-0.25, -0.2) is 4.99 Å². The van der Waals surface area contributed by atoms with Crippen LogP contribution in [0, 0.1) is 0 Å². The maximum atomic E-state index is 5.36. The highest BCUT2D eigenvalue weighted by atomic mass is 14.9. The van der Waals surface area contributed by atoms with Crippen LogP contribution in [0.15, 0.2) is 16.9 Å². The van der Waals surface area contributed by atoms with Gasteiger partial charge in [0.2, 0.25) is 0 Å². The highest BCUT2D eigenvalue weighted by molar-refractivity contribution is 5.54. The van der Waals surface area contributed by atoms with Gasteiger partial charge in [-0.15, -0.1) is 0 Å². The van der Waals surface area contributed by atoms with Gasteiger partial charge in [-0.2, -0.15) is 0 Å². The summed E-state index contributed by atoms with van der Waals surface area (Å²) in [6, 6.07) is 0. The van der Waals surface area contributed by atoms with Gasteiger partial charge in [-0.05, 0) is 19.4 Å². The van der Waals surface area contributed by atoms with Crippen LogP contribution in [0.3, 0.4) is 0 Å². The molecule has 0 bridgehead atoms. The van der Waals surface area contributed by atoms with Crippen molar-refractivity contribution < 1.29 is 0 Å². The summed E-state index contributed by atoms with van der Waals surface area (Å²) in [7, 11) is 0. The van der Waals surface area contributed by atoms with Crippen LogP contribution in [0.4, 0.5) is 0 Å². The highest BCUT2D eigenvalue weighted by Crippen LogP contribution is 1.86. The molecule has 0 atom stereocenters. The van der Waals surface area contributed by atoms with Gasteiger partial charge < -0.3 is 5.73 Å². The summed E-state index contributed by atoms with van der Waals surface area (Å²) in [4.78, 5) is 3.83. The normalized spacial score (nSPS) is 13.0. The van der Waals surface area contributed by atoms with E-state index in [9.17, 15) is 0 Å². The number of hydrogen-bond donors (Lipinski definition) is 1. The van der Waals surface area contributed by atoms with Gasteiger partial charge in [0.25, 0.3) is 0 Å². The third-order valence-electron chi connectivity index (χ3n) is 0.691. The van der Waals surface area contributed by atoms with Crippen molar-refractivity contribution in [2.45, 2.75) is 20.3 Å². The summed E-state index contributed by atoms with van der Waals surface area (Å²) >= 11 is 0. The van der Waals surface area contributed by atoms with E-state index in [-0.39, 0.29) is 0 Å². The zero-order valence-corrected chi connectivity index (χ0v) is 5.39. The van der Waals surface area contributed by atoms with E-state index in [0.29, 0.717) is 5.82 Å². The molecule has 0 amide bonds. The fourth-order valence-electron chi connectivity index (χ4n) is 0.411. The molecule has 0 aromatic carbocycles. The Morgan fingerprint density at radius 2 is 2.38 bits per heavy atom. The van der Waals surface area contributed by atoms with Gasteiger partial charge in [0, 0.05) is 6.21 Å². The summed E-state index contributed by atoms with van der Waals surface area (Å²) in [6.07, 6.45) is 4.50. The van der Waals surface area contributed by atoms with Gasteiger partial charge in [0.1, 0.15) is 5.82 Å². The van der Waals surface area contributed by atoms with E-state index in [2.05, 4.69) is 4.99 Å². The largest absolute Gasteiger partial charge is 0.384 e. The second-order valence-corrected chi connectivity index (χ2v) is 1.42. The molecule has 0 aliphatic carbocycles. The van der Waals surface area contributed by atoms with Crippen LogP contribution in [-0.4, -0.2) is 6.21 Å². The van der Waals surface area contributed by atoms with E-state index in [0.717, 1.165) is 6.42 Å². The van der Waals surface area contributed by atoms with Crippen LogP contribution < -0.4 is 5.73 Å². The first kappa shape index (κ1) is 7.21. The van der Waals surface area contributed by atoms with E-state index in [1.165, 1.54) is 0 Å². The summed E-state index contributed by atoms with van der Waals surface area (Å²) in [5.41, 5.74) is 5.36. The third kappa shape index (κ3) is 3.40. The van der Waals surface area contributed by atoms with Gasteiger partial charge in [-0.1, -0.05) is 6.92 Å². The van der Waals surface area contributed by atoms with Crippen molar-refractivity contribution in [3.63, 3.8) is 0 Å². The molecule has 46 valence electrons. The van der Waals surface area contributed by atoms with Crippen molar-refractivity contribution in [1.82, 2.24) is 0 Å². The molecule has 0 unspecified atom stereocenters. The number of aliphatic imine (C=N–C) groups is 1. The van der Waals surface area contributed by atoms with Gasteiger partial charge in [0.15, 0.2) is 0 Å². The SMILES string of the molecule is C/C=N\C(N)=C/CC. The molecule has 0 aromatic heterocycles. The number of nitrogens with two attached hydrogens (primary N) is 1. The number of allylic oxidation sites excluding steroid dienone is 1. The first-order chi connectivity index (χ1) is 3.81. The van der Waals surface area contributed by atoms with Crippen molar-refractivity contribution in [2.75, 3.05) is 0 Å². The van der Waals surface area contributed by atoms with Crippen molar-refractivity contribution in [3.8, 4) is 0 Å². The quantitative estimate of drug-likeness (QED) is 0.537. The Labute approximate surface area is 50.1 Å². The summed E-state index contributed by atoms with van der Waals surface area (Å²) in [5, 5.41) is 0. The molecule has 0 heterocycles. The van der Waals surface area contributed by atoms with Crippen LogP contribution in [0.25, 0.3) is 0 Å². The molecule has 8 heavy (non-hydrogen) atoms. The zero-order chi connectivity index (χ0) is 6.41. The Kier molecular flexibility index (Phi) is 3.94. The minimum absolute atomic E-state index is 0.606. The molecule has 0 rings (SSSR count). The maximum absolute atomic E-state index is 5.36. The second kappa shape index (κ2) is 4.37. The van der Waals surface area contributed by atoms with Crippen molar-refractivity contribution in [1.29, 1.82) is 0 Å². The Balaban J connectivity index is 3.61. The average Bonchev–Trinajstić information content (AvgIpc) is 1.68. The molecular weight excluding hydrogens is 100 g/mol. The van der Waals surface area contributed by atoms with Crippen LogP contribution in [0.5, 0.6) is 0 Å². The topological polar surface area (TPSA) is 38.4 Å². The van der Waals surface area contributed by atoms with Crippen LogP contribution >= 0.6 is 0 Å². The van der Waals surface area contributed by atoms with E-state index >= 15 is 0 Å². The van der Waals surface area contributed by atoms with Gasteiger partial charge in [-0.3, -0.25) is 0 Å². The molecule has 2 nitrogen and oxygen atoms in total. The third-order valence-corrected chi connectivity index (χ3v) is 0.691. The molecule has 2 N–H and O–H groups in total. The molecule has 0 radical (unpaired) electrons. The molecule has 0 saturated heterocycles. The lowest BCUT2D eigenvalue weighted by Crippen LogP contribution is -1.91. The van der Waals surface area contributed by atoms with E-state index in [1.807, 2.05) is 19.9 Å². The predicted octanol–water partition coefficient (Wildman–Crippen LogP) is 1.29. The summed E-state index contributed by atoms with van der Waals surface area (Å²) < 4.78 is 0. The molecule has 2 heteroatoms. The molecule has 0 fully saturated rings. The fraction of sp³-hybridized carbons (Fsp3) is 0.500. The molecule has 0 aliphatic heterocycles. The van der Waals surface area contributed by atoms with Crippen LogP contribution in [-0.2, 0) is 0 Å². The monoisotopic (exact) mass is 112 g/mol. The number of hydrogen-bond acceptors (Lipinski definition) is 2. The van der Waals surface area contributed by atoms with Crippen molar-refractivity contribution in [2.24, 2.45) is 10.7 Å². The Morgan fingerprint density at radius 3 is 2.75 bits per heavy atom. The smallest absolute Gasteiger partial charge is 0.118 e. The molecule has 0 spiro atoms. The maximum Gasteiger partial charge on any atom is 0.118 e. The standard InChI is InChI=1S/C6H12N2/c1-3-5-6(7)8-4-2/h4-5H,3,7H2,1-2H3/b6-5-,8-4-. The minimum atomic E-state index is 0.606. The van der Waals surface area contributed by atoms with E-state index in [4.69, 9.17) is 5.73 Å². The molecule has 0 aliphatic rings. The Hall–Kier alpha value is -0.790. The zero-order valence-electron chi connectivity index (χ0n) is 5.39. The summed E-state index contributed by atoms with van der Waals surface area (Å²) in [6.45, 7) is 3.87. The first-order valence-electron chi connectivity index (χ1n) is 2.75. The van der Waals surface area contributed by atoms with Gasteiger partial charge >= 0.3 is 0 Å².